The molecule has 5 fully saturated rings. The summed E-state index contributed by atoms with van der Waals surface area (Å²) in [4.78, 5) is 69.5. The molecule has 0 radical (unpaired) electrons. The number of esters is 2. The Morgan fingerprint density at radius 2 is 1.53 bits per heavy atom. The van der Waals surface area contributed by atoms with Crippen molar-refractivity contribution in [2.24, 2.45) is 0 Å². The highest BCUT2D eigenvalue weighted by molar-refractivity contribution is 8.01. The first kappa shape index (κ1) is 29.9. The molecule has 1 aromatic rings. The quantitative estimate of drug-likeness (QED) is 0.264. The average molecular weight is 635 g/mol. The van der Waals surface area contributed by atoms with Crippen LogP contribution >= 0.6 is 11.8 Å². The van der Waals surface area contributed by atoms with E-state index < -0.39 is 84.5 Å². The average Bonchev–Trinajstić information content (AvgIpc) is 3.36. The van der Waals surface area contributed by atoms with Gasteiger partial charge in [-0.05, 0) is 47.1 Å². The summed E-state index contributed by atoms with van der Waals surface area (Å²) >= 11 is 1.38. The van der Waals surface area contributed by atoms with E-state index in [0.29, 0.717) is 0 Å². The van der Waals surface area contributed by atoms with E-state index in [9.17, 15) is 32.4 Å². The van der Waals surface area contributed by atoms with Gasteiger partial charge in [-0.25, -0.2) is 18.0 Å². The number of nitrogens with one attached hydrogen (secondary N) is 1. The molecule has 3 amide bonds. The van der Waals surface area contributed by atoms with Crippen LogP contribution in [0.5, 0.6) is 0 Å². The van der Waals surface area contributed by atoms with Crippen molar-refractivity contribution in [2.75, 3.05) is 6.79 Å². The summed E-state index contributed by atoms with van der Waals surface area (Å²) in [6.45, 7) is 9.16. The standard InChI is InChI=1S/C28H34N4O9S2/c1-26(2)19(24(36)40-13-41-25(37)20-27(3,4)43(38,39)16-12-15(33)30(16)20)31-22(35)18(23(31)42-26)32-21(34)17(29-28(32,5)6)14-10-8-7-9-11-14/h7-11,16-20,23,29H,12-13H2,1-6H3/t16-,17?,18-,19+,20+,23-/m1/s1. The predicted molar refractivity (Wildman–Crippen MR) is 152 cm³/mol. The Kier molecular flexibility index (Phi) is 6.54. The zero-order chi connectivity index (χ0) is 31.4. The second-order valence-corrected chi connectivity index (χ2v) is 17.5. The van der Waals surface area contributed by atoms with E-state index in [-0.39, 0.29) is 18.2 Å². The number of carbonyl (C=O) groups is 5. The number of β-lactam (4-membered cyclic amide) rings is 2. The van der Waals surface area contributed by atoms with Crippen molar-refractivity contribution in [2.45, 2.75) is 98.0 Å². The lowest BCUT2D eigenvalue weighted by molar-refractivity contribution is -0.183. The number of thioether (sulfide) groups is 1. The monoisotopic (exact) mass is 634 g/mol. The minimum absolute atomic E-state index is 0.186. The van der Waals surface area contributed by atoms with Crippen LogP contribution in [0.2, 0.25) is 0 Å². The van der Waals surface area contributed by atoms with Crippen LogP contribution in [0.15, 0.2) is 30.3 Å². The summed E-state index contributed by atoms with van der Waals surface area (Å²) < 4.78 is 33.6. The van der Waals surface area contributed by atoms with Gasteiger partial charge in [0.2, 0.25) is 24.5 Å². The second kappa shape index (κ2) is 9.41. The van der Waals surface area contributed by atoms with Crippen molar-refractivity contribution in [3.8, 4) is 0 Å². The van der Waals surface area contributed by atoms with Gasteiger partial charge in [0.1, 0.15) is 34.9 Å². The Morgan fingerprint density at radius 1 is 0.930 bits per heavy atom. The van der Waals surface area contributed by atoms with Gasteiger partial charge in [0.15, 0.2) is 9.84 Å². The third kappa shape index (κ3) is 4.06. The predicted octanol–water partition coefficient (Wildman–Crippen LogP) is 0.504. The number of sulfone groups is 1. The van der Waals surface area contributed by atoms with Crippen molar-refractivity contribution >= 4 is 51.3 Å². The summed E-state index contributed by atoms with van der Waals surface area (Å²) in [6, 6.07) is 5.45. The first-order valence-electron chi connectivity index (χ1n) is 14.0. The summed E-state index contributed by atoms with van der Waals surface area (Å²) in [6.07, 6.45) is -0.186. The number of fused-ring (bicyclic) bond motifs is 2. The van der Waals surface area contributed by atoms with E-state index in [4.69, 9.17) is 9.47 Å². The van der Waals surface area contributed by atoms with Crippen LogP contribution in [0.4, 0.5) is 0 Å². The molecular weight excluding hydrogens is 600 g/mol. The van der Waals surface area contributed by atoms with E-state index >= 15 is 0 Å². The number of ether oxygens (including phenoxy) is 2. The molecule has 0 spiro atoms. The van der Waals surface area contributed by atoms with Gasteiger partial charge in [-0.15, -0.1) is 11.8 Å². The molecule has 5 saturated heterocycles. The van der Waals surface area contributed by atoms with Crippen LogP contribution in [-0.2, 0) is 43.3 Å². The highest BCUT2D eigenvalue weighted by Crippen LogP contribution is 2.54. The number of carbonyl (C=O) groups excluding carboxylic acids is 5. The van der Waals surface area contributed by atoms with Gasteiger partial charge in [0.25, 0.3) is 0 Å². The van der Waals surface area contributed by atoms with E-state index in [1.807, 2.05) is 44.2 Å². The normalized spacial score (nSPS) is 34.3. The molecule has 6 atom stereocenters. The molecule has 0 aromatic heterocycles. The van der Waals surface area contributed by atoms with Crippen molar-refractivity contribution < 1.29 is 41.9 Å². The van der Waals surface area contributed by atoms with Crippen LogP contribution in [0.25, 0.3) is 0 Å². The van der Waals surface area contributed by atoms with Gasteiger partial charge in [-0.2, -0.15) is 0 Å². The fraction of sp³-hybridized carbons (Fsp3) is 0.607. The Balaban J connectivity index is 1.13. The Labute approximate surface area is 253 Å². The number of rotatable bonds is 6. The van der Waals surface area contributed by atoms with Gasteiger partial charge >= 0.3 is 11.9 Å². The Hall–Kier alpha value is -3.17. The molecule has 0 aliphatic carbocycles. The molecule has 15 heteroatoms. The molecular formula is C28H34N4O9S2. The first-order chi connectivity index (χ1) is 19.9. The van der Waals surface area contributed by atoms with Crippen molar-refractivity contribution in [3.63, 3.8) is 0 Å². The van der Waals surface area contributed by atoms with Crippen LogP contribution in [-0.4, -0.2) is 104 Å². The van der Waals surface area contributed by atoms with Gasteiger partial charge < -0.3 is 24.2 Å². The third-order valence-electron chi connectivity index (χ3n) is 9.23. The van der Waals surface area contributed by atoms with E-state index in [2.05, 4.69) is 5.32 Å². The zero-order valence-electron chi connectivity index (χ0n) is 24.6. The molecule has 5 aliphatic rings. The molecule has 0 bridgehead atoms. The van der Waals surface area contributed by atoms with Gasteiger partial charge in [-0.3, -0.25) is 19.7 Å². The summed E-state index contributed by atoms with van der Waals surface area (Å²) in [5.41, 5.74) is -0.0467. The number of hydrogen-bond acceptors (Lipinski definition) is 11. The summed E-state index contributed by atoms with van der Waals surface area (Å²) in [7, 11) is -3.80. The van der Waals surface area contributed by atoms with E-state index in [0.717, 1.165) is 10.5 Å². The van der Waals surface area contributed by atoms with Crippen LogP contribution < -0.4 is 5.32 Å². The van der Waals surface area contributed by atoms with Crippen molar-refractivity contribution in [1.29, 1.82) is 0 Å². The van der Waals surface area contributed by atoms with Crippen molar-refractivity contribution in [1.82, 2.24) is 20.0 Å². The fourth-order valence-corrected chi connectivity index (χ4v) is 10.8. The lowest BCUT2D eigenvalue weighted by Crippen LogP contribution is -2.73. The number of benzene rings is 1. The summed E-state index contributed by atoms with van der Waals surface area (Å²) in [5.74, 6) is -2.89. The third-order valence-corrected chi connectivity index (χ3v) is 13.6. The fourth-order valence-electron chi connectivity index (χ4n) is 6.98. The van der Waals surface area contributed by atoms with Gasteiger partial charge in [0.05, 0.1) is 16.8 Å². The maximum absolute atomic E-state index is 13.6. The topological polar surface area (TPSA) is 160 Å². The van der Waals surface area contributed by atoms with Crippen LogP contribution in [0, 0.1) is 0 Å². The molecule has 6 rings (SSSR count). The van der Waals surface area contributed by atoms with Crippen LogP contribution in [0.3, 0.4) is 0 Å². The number of nitrogens with zero attached hydrogens (tertiary/aromatic N) is 3. The smallest absolute Gasteiger partial charge is 0.333 e. The van der Waals surface area contributed by atoms with Crippen LogP contribution in [0.1, 0.15) is 59.6 Å². The first-order valence-corrected chi connectivity index (χ1v) is 16.4. The Morgan fingerprint density at radius 3 is 2.14 bits per heavy atom. The molecule has 1 aromatic carbocycles. The maximum atomic E-state index is 13.6. The van der Waals surface area contributed by atoms with Gasteiger partial charge in [-0.1, -0.05) is 30.3 Å². The molecule has 5 aliphatic heterocycles. The molecule has 0 saturated carbocycles. The molecule has 1 unspecified atom stereocenters. The highest BCUT2D eigenvalue weighted by atomic mass is 32.2. The molecule has 232 valence electrons. The zero-order valence-corrected chi connectivity index (χ0v) is 26.2. The summed E-state index contributed by atoms with van der Waals surface area (Å²) in [5, 5.41) is 1.76. The molecule has 13 nitrogen and oxygen atoms in total. The largest absolute Gasteiger partial charge is 0.426 e. The van der Waals surface area contributed by atoms with E-state index in [1.165, 1.54) is 30.5 Å². The highest BCUT2D eigenvalue weighted by Gasteiger charge is 2.70. The minimum Gasteiger partial charge on any atom is -0.426 e. The lowest BCUT2D eigenvalue weighted by atomic mass is 9.94. The van der Waals surface area contributed by atoms with Crippen molar-refractivity contribution in [3.05, 3.63) is 35.9 Å². The molecule has 5 heterocycles. The Bertz CT molecular complexity index is 1540. The maximum Gasteiger partial charge on any atom is 0.333 e. The van der Waals surface area contributed by atoms with Gasteiger partial charge in [0, 0.05) is 4.75 Å². The van der Waals surface area contributed by atoms with E-state index in [1.54, 1.807) is 18.7 Å². The molecule has 1 N–H and O–H groups in total. The minimum atomic E-state index is -3.80. The SMILES string of the molecule is CC1(C)S[C@@H]2[C@H](N3C(=O)C(c4ccccc4)NC3(C)C)C(=O)N2[C@H]1C(=O)OCOC(=O)[C@@H]1N2C(=O)C[C@H]2S(=O)(=O)C1(C)C. The number of hydrogen-bond donors (Lipinski definition) is 1. The molecule has 43 heavy (non-hydrogen) atoms. The second-order valence-electron chi connectivity index (χ2n) is 13.0. The lowest BCUT2D eigenvalue weighted by Gasteiger charge is -2.50. The number of amides is 3.